The van der Waals surface area contributed by atoms with E-state index in [2.05, 4.69) is 20.3 Å². The Labute approximate surface area is 97.7 Å². The van der Waals surface area contributed by atoms with Crippen LogP contribution in [0.3, 0.4) is 0 Å². The summed E-state index contributed by atoms with van der Waals surface area (Å²) in [5.41, 5.74) is 7.25. The Morgan fingerprint density at radius 3 is 2.81 bits per heavy atom. The van der Waals surface area contributed by atoms with Crippen LogP contribution in [0.1, 0.15) is 5.56 Å². The van der Waals surface area contributed by atoms with Crippen LogP contribution in [0.25, 0.3) is 0 Å². The second-order valence-corrected chi connectivity index (χ2v) is 3.49. The van der Waals surface area contributed by atoms with Crippen LogP contribution in [-0.4, -0.2) is 15.0 Å². The van der Waals surface area contributed by atoms with Crippen molar-refractivity contribution in [2.45, 2.75) is 6.54 Å². The highest BCUT2D eigenvalue weighted by Crippen LogP contribution is 2.16. The van der Waals surface area contributed by atoms with E-state index in [0.29, 0.717) is 18.1 Å². The second-order valence-electron chi connectivity index (χ2n) is 3.15. The average Bonchev–Trinajstić information content (AvgIpc) is 2.32. The molecule has 16 heavy (non-hydrogen) atoms. The molecule has 3 N–H and O–H groups in total. The highest BCUT2D eigenvalue weighted by atomic mass is 35.5. The van der Waals surface area contributed by atoms with Gasteiger partial charge in [-0.1, -0.05) is 0 Å². The van der Waals surface area contributed by atoms with Gasteiger partial charge in [0.25, 0.3) is 0 Å². The Hall–Kier alpha value is -1.88. The molecular weight excluding hydrogens is 226 g/mol. The second kappa shape index (κ2) is 4.76. The Morgan fingerprint density at radius 2 is 2.06 bits per heavy atom. The molecule has 0 amide bonds. The molecular formula is C10H10ClN5. The lowest BCUT2D eigenvalue weighted by Gasteiger charge is -2.07. The van der Waals surface area contributed by atoms with E-state index in [1.165, 1.54) is 6.20 Å². The highest BCUT2D eigenvalue weighted by molar-refractivity contribution is 6.28. The summed E-state index contributed by atoms with van der Waals surface area (Å²) in [7, 11) is 0. The zero-order valence-electron chi connectivity index (χ0n) is 8.39. The van der Waals surface area contributed by atoms with E-state index in [1.54, 1.807) is 12.4 Å². The number of nitrogens with one attached hydrogen (secondary N) is 1. The number of aromatic nitrogens is 3. The van der Waals surface area contributed by atoms with Gasteiger partial charge in [0.05, 0.1) is 11.9 Å². The standard InChI is InChI=1S/C10H10ClN5/c11-10-15-6-8(12)9(16-10)14-5-7-1-3-13-4-2-7/h1-4,6H,5,12H2,(H,14,15,16). The molecule has 2 heterocycles. The van der Waals surface area contributed by atoms with Crippen LogP contribution in [0.5, 0.6) is 0 Å². The molecule has 6 heteroatoms. The first-order valence-corrected chi connectivity index (χ1v) is 5.04. The van der Waals surface area contributed by atoms with Gasteiger partial charge >= 0.3 is 0 Å². The molecule has 0 aromatic carbocycles. The van der Waals surface area contributed by atoms with Crippen LogP contribution >= 0.6 is 11.6 Å². The third-order valence-corrected chi connectivity index (χ3v) is 2.18. The Balaban J connectivity index is 2.08. The first-order valence-electron chi connectivity index (χ1n) is 4.66. The van der Waals surface area contributed by atoms with Crippen LogP contribution in [0, 0.1) is 0 Å². The number of pyridine rings is 1. The first-order chi connectivity index (χ1) is 7.75. The van der Waals surface area contributed by atoms with Gasteiger partial charge in [-0.25, -0.2) is 4.98 Å². The Bertz CT molecular complexity index is 474. The van der Waals surface area contributed by atoms with Gasteiger partial charge in [0.15, 0.2) is 5.82 Å². The molecule has 0 aliphatic heterocycles. The fourth-order valence-corrected chi connectivity index (χ4v) is 1.33. The lowest BCUT2D eigenvalue weighted by molar-refractivity contribution is 1.08. The van der Waals surface area contributed by atoms with Gasteiger partial charge in [0.1, 0.15) is 0 Å². The number of rotatable bonds is 3. The van der Waals surface area contributed by atoms with Crippen LogP contribution in [0.15, 0.2) is 30.7 Å². The minimum atomic E-state index is 0.173. The molecule has 0 bridgehead atoms. The topological polar surface area (TPSA) is 76.7 Å². The number of hydrogen-bond acceptors (Lipinski definition) is 5. The van der Waals surface area contributed by atoms with Gasteiger partial charge in [0, 0.05) is 18.9 Å². The quantitative estimate of drug-likeness (QED) is 0.793. The number of hydrogen-bond donors (Lipinski definition) is 2. The third-order valence-electron chi connectivity index (χ3n) is 2.00. The van der Waals surface area contributed by atoms with E-state index in [-0.39, 0.29) is 5.28 Å². The Morgan fingerprint density at radius 1 is 1.31 bits per heavy atom. The molecule has 0 aliphatic carbocycles. The minimum Gasteiger partial charge on any atom is -0.394 e. The molecule has 0 aliphatic rings. The van der Waals surface area contributed by atoms with Crippen molar-refractivity contribution in [3.63, 3.8) is 0 Å². The van der Waals surface area contributed by atoms with Gasteiger partial charge < -0.3 is 11.1 Å². The van der Waals surface area contributed by atoms with Crippen molar-refractivity contribution in [1.82, 2.24) is 15.0 Å². The maximum Gasteiger partial charge on any atom is 0.224 e. The predicted octanol–water partition coefficient (Wildman–Crippen LogP) is 1.72. The van der Waals surface area contributed by atoms with E-state index in [0.717, 1.165) is 5.56 Å². The molecule has 0 spiro atoms. The molecule has 0 unspecified atom stereocenters. The lowest BCUT2D eigenvalue weighted by Crippen LogP contribution is -2.05. The van der Waals surface area contributed by atoms with E-state index < -0.39 is 0 Å². The summed E-state index contributed by atoms with van der Waals surface area (Å²) in [6.45, 7) is 0.611. The molecule has 2 rings (SSSR count). The highest BCUT2D eigenvalue weighted by Gasteiger charge is 2.02. The Kier molecular flexibility index (Phi) is 3.16. The van der Waals surface area contributed by atoms with Crippen molar-refractivity contribution in [2.24, 2.45) is 0 Å². The third kappa shape index (κ3) is 2.58. The molecule has 2 aromatic rings. The number of nitrogens with two attached hydrogens (primary N) is 1. The van der Waals surface area contributed by atoms with Crippen molar-refractivity contribution in [3.05, 3.63) is 41.6 Å². The van der Waals surface area contributed by atoms with E-state index >= 15 is 0 Å². The number of nitrogen functional groups attached to an aromatic ring is 1. The smallest absolute Gasteiger partial charge is 0.224 e. The summed E-state index contributed by atoms with van der Waals surface area (Å²) in [5.74, 6) is 0.539. The molecule has 0 fully saturated rings. The zero-order valence-corrected chi connectivity index (χ0v) is 9.15. The molecule has 0 saturated carbocycles. The average molecular weight is 236 g/mol. The summed E-state index contributed by atoms with van der Waals surface area (Å²) in [6, 6.07) is 3.82. The van der Waals surface area contributed by atoms with E-state index in [4.69, 9.17) is 17.3 Å². The van der Waals surface area contributed by atoms with Crippen LogP contribution in [0.2, 0.25) is 5.28 Å². The summed E-state index contributed by atoms with van der Waals surface area (Å²) < 4.78 is 0. The molecule has 5 nitrogen and oxygen atoms in total. The van der Waals surface area contributed by atoms with Crippen molar-refractivity contribution in [1.29, 1.82) is 0 Å². The van der Waals surface area contributed by atoms with Gasteiger partial charge in [-0.3, -0.25) is 4.98 Å². The van der Waals surface area contributed by atoms with Crippen LogP contribution < -0.4 is 11.1 Å². The lowest BCUT2D eigenvalue weighted by atomic mass is 10.3. The van der Waals surface area contributed by atoms with Crippen molar-refractivity contribution < 1.29 is 0 Å². The van der Waals surface area contributed by atoms with Gasteiger partial charge in [-0.2, -0.15) is 4.98 Å². The number of anilines is 2. The molecule has 82 valence electrons. The van der Waals surface area contributed by atoms with Crippen LogP contribution in [-0.2, 0) is 6.54 Å². The first kappa shape index (κ1) is 10.6. The fourth-order valence-electron chi connectivity index (χ4n) is 1.20. The largest absolute Gasteiger partial charge is 0.394 e. The minimum absolute atomic E-state index is 0.173. The predicted molar refractivity (Wildman–Crippen MR) is 63.0 cm³/mol. The normalized spacial score (nSPS) is 10.1. The van der Waals surface area contributed by atoms with Crippen molar-refractivity contribution in [3.8, 4) is 0 Å². The van der Waals surface area contributed by atoms with Gasteiger partial charge in [-0.05, 0) is 29.3 Å². The molecule has 2 aromatic heterocycles. The maximum atomic E-state index is 5.70. The zero-order chi connectivity index (χ0) is 11.4. The molecule has 0 atom stereocenters. The van der Waals surface area contributed by atoms with Crippen molar-refractivity contribution >= 4 is 23.1 Å². The van der Waals surface area contributed by atoms with Gasteiger partial charge in [0.2, 0.25) is 5.28 Å². The SMILES string of the molecule is Nc1cnc(Cl)nc1NCc1ccncc1. The maximum absolute atomic E-state index is 5.70. The monoisotopic (exact) mass is 235 g/mol. The van der Waals surface area contributed by atoms with Gasteiger partial charge in [-0.15, -0.1) is 0 Å². The number of halogens is 1. The van der Waals surface area contributed by atoms with E-state index in [9.17, 15) is 0 Å². The summed E-state index contributed by atoms with van der Waals surface area (Å²) in [4.78, 5) is 11.7. The molecule has 0 radical (unpaired) electrons. The molecule has 0 saturated heterocycles. The summed E-state index contributed by atoms with van der Waals surface area (Å²) >= 11 is 5.67. The summed E-state index contributed by atoms with van der Waals surface area (Å²) in [5, 5.41) is 3.25. The number of nitrogens with zero attached hydrogens (tertiary/aromatic N) is 3. The fraction of sp³-hybridized carbons (Fsp3) is 0.100. The van der Waals surface area contributed by atoms with Crippen LogP contribution in [0.4, 0.5) is 11.5 Å². The van der Waals surface area contributed by atoms with Crippen molar-refractivity contribution in [2.75, 3.05) is 11.1 Å². The summed E-state index contributed by atoms with van der Waals surface area (Å²) in [6.07, 6.45) is 4.94. The van der Waals surface area contributed by atoms with E-state index in [1.807, 2.05) is 12.1 Å².